The van der Waals surface area contributed by atoms with Crippen LogP contribution in [0.15, 0.2) is 41.3 Å². The quantitative estimate of drug-likeness (QED) is 0.898. The standard InChI is InChI=1S/C15H17N3O2/c16-13-6-2-5-12(13)15(19)18-11-4-1-3-10(7-11)14-8-17-9-20-14/h1,3-4,7-9,12-13H,2,5-6,16H2,(H,18,19). The van der Waals surface area contributed by atoms with E-state index in [-0.39, 0.29) is 17.9 Å². The Balaban J connectivity index is 1.74. The van der Waals surface area contributed by atoms with Gasteiger partial charge < -0.3 is 15.5 Å². The van der Waals surface area contributed by atoms with Crippen molar-refractivity contribution in [2.75, 3.05) is 5.32 Å². The molecule has 1 fully saturated rings. The van der Waals surface area contributed by atoms with Crippen LogP contribution in [0.25, 0.3) is 11.3 Å². The summed E-state index contributed by atoms with van der Waals surface area (Å²) in [5, 5.41) is 2.94. The Morgan fingerprint density at radius 1 is 1.40 bits per heavy atom. The van der Waals surface area contributed by atoms with Crippen LogP contribution >= 0.6 is 0 Å². The van der Waals surface area contributed by atoms with Crippen LogP contribution < -0.4 is 11.1 Å². The Labute approximate surface area is 117 Å². The summed E-state index contributed by atoms with van der Waals surface area (Å²) in [6.45, 7) is 0. The molecule has 2 atom stereocenters. The van der Waals surface area contributed by atoms with Gasteiger partial charge in [0, 0.05) is 17.3 Å². The number of carbonyl (C=O) groups excluding carboxylic acids is 1. The van der Waals surface area contributed by atoms with Crippen LogP contribution in [0.3, 0.4) is 0 Å². The van der Waals surface area contributed by atoms with Crippen molar-refractivity contribution < 1.29 is 9.21 Å². The molecule has 1 aliphatic carbocycles. The Morgan fingerprint density at radius 3 is 3.00 bits per heavy atom. The van der Waals surface area contributed by atoms with Crippen molar-refractivity contribution in [3.05, 3.63) is 36.9 Å². The van der Waals surface area contributed by atoms with Gasteiger partial charge in [-0.15, -0.1) is 0 Å². The van der Waals surface area contributed by atoms with Gasteiger partial charge in [0.05, 0.1) is 12.1 Å². The fourth-order valence-electron chi connectivity index (χ4n) is 2.66. The minimum absolute atomic E-state index is 0.00437. The van der Waals surface area contributed by atoms with Crippen LogP contribution in [0.4, 0.5) is 5.69 Å². The molecule has 5 heteroatoms. The van der Waals surface area contributed by atoms with E-state index in [1.807, 2.05) is 24.3 Å². The minimum Gasteiger partial charge on any atom is -0.444 e. The first kappa shape index (κ1) is 12.9. The molecule has 1 aromatic carbocycles. The molecule has 0 radical (unpaired) electrons. The largest absolute Gasteiger partial charge is 0.444 e. The number of oxazole rings is 1. The molecule has 2 aromatic rings. The molecule has 1 aliphatic rings. The summed E-state index contributed by atoms with van der Waals surface area (Å²) < 4.78 is 5.25. The first-order valence-electron chi connectivity index (χ1n) is 6.79. The highest BCUT2D eigenvalue weighted by Gasteiger charge is 2.30. The average molecular weight is 271 g/mol. The van der Waals surface area contributed by atoms with Crippen molar-refractivity contribution in [3.63, 3.8) is 0 Å². The Kier molecular flexibility index (Phi) is 3.52. The lowest BCUT2D eigenvalue weighted by atomic mass is 10.0. The highest BCUT2D eigenvalue weighted by molar-refractivity contribution is 5.93. The minimum atomic E-state index is -0.0797. The first-order chi connectivity index (χ1) is 9.74. The van der Waals surface area contributed by atoms with Gasteiger partial charge in [-0.2, -0.15) is 0 Å². The summed E-state index contributed by atoms with van der Waals surface area (Å²) in [6, 6.07) is 7.50. The molecule has 0 aliphatic heterocycles. The van der Waals surface area contributed by atoms with Gasteiger partial charge >= 0.3 is 0 Å². The number of hydrogen-bond acceptors (Lipinski definition) is 4. The third-order valence-electron chi connectivity index (χ3n) is 3.75. The molecular formula is C15H17N3O2. The number of rotatable bonds is 3. The van der Waals surface area contributed by atoms with Gasteiger partial charge in [-0.25, -0.2) is 4.98 Å². The molecular weight excluding hydrogens is 254 g/mol. The summed E-state index contributed by atoms with van der Waals surface area (Å²) in [5.41, 5.74) is 7.59. The monoisotopic (exact) mass is 271 g/mol. The molecule has 104 valence electrons. The number of aromatic nitrogens is 1. The second-order valence-corrected chi connectivity index (χ2v) is 5.14. The van der Waals surface area contributed by atoms with E-state index in [9.17, 15) is 4.79 Å². The van der Waals surface area contributed by atoms with Crippen LogP contribution in [-0.2, 0) is 4.79 Å². The van der Waals surface area contributed by atoms with Gasteiger partial charge in [0.2, 0.25) is 5.91 Å². The number of amides is 1. The fraction of sp³-hybridized carbons (Fsp3) is 0.333. The maximum atomic E-state index is 12.2. The third-order valence-corrected chi connectivity index (χ3v) is 3.75. The van der Waals surface area contributed by atoms with Crippen LogP contribution in [0.1, 0.15) is 19.3 Å². The number of hydrogen-bond donors (Lipinski definition) is 2. The number of nitrogens with one attached hydrogen (secondary N) is 1. The molecule has 0 spiro atoms. The van der Waals surface area contributed by atoms with Crippen LogP contribution in [0.5, 0.6) is 0 Å². The van der Waals surface area contributed by atoms with Crippen LogP contribution in [0.2, 0.25) is 0 Å². The Bertz CT molecular complexity index is 595. The summed E-state index contributed by atoms with van der Waals surface area (Å²) in [4.78, 5) is 16.1. The molecule has 1 aromatic heterocycles. The third kappa shape index (κ3) is 2.58. The summed E-state index contributed by atoms with van der Waals surface area (Å²) >= 11 is 0. The van der Waals surface area contributed by atoms with E-state index >= 15 is 0 Å². The second kappa shape index (κ2) is 5.46. The smallest absolute Gasteiger partial charge is 0.229 e. The number of nitrogens with two attached hydrogens (primary N) is 1. The number of carbonyl (C=O) groups is 1. The molecule has 0 saturated heterocycles. The van der Waals surface area contributed by atoms with E-state index in [2.05, 4.69) is 10.3 Å². The van der Waals surface area contributed by atoms with E-state index < -0.39 is 0 Å². The number of anilines is 1. The van der Waals surface area contributed by atoms with Crippen LogP contribution in [-0.4, -0.2) is 16.9 Å². The predicted octanol–water partition coefficient (Wildman–Crippen LogP) is 2.41. The van der Waals surface area contributed by atoms with Gasteiger partial charge in [-0.1, -0.05) is 18.6 Å². The van der Waals surface area contributed by atoms with Gasteiger partial charge in [0.25, 0.3) is 0 Å². The average Bonchev–Trinajstić information content (AvgIpc) is 3.09. The normalized spacial score (nSPS) is 21.9. The molecule has 1 heterocycles. The summed E-state index contributed by atoms with van der Waals surface area (Å²) in [6.07, 6.45) is 5.86. The topological polar surface area (TPSA) is 81.2 Å². The maximum absolute atomic E-state index is 12.2. The molecule has 20 heavy (non-hydrogen) atoms. The molecule has 1 saturated carbocycles. The lowest BCUT2D eigenvalue weighted by Gasteiger charge is -2.15. The molecule has 0 bridgehead atoms. The summed E-state index contributed by atoms with van der Waals surface area (Å²) in [7, 11) is 0. The summed E-state index contributed by atoms with van der Waals surface area (Å²) in [5.74, 6) is 0.604. The lowest BCUT2D eigenvalue weighted by Crippen LogP contribution is -2.34. The Hall–Kier alpha value is -2.14. The zero-order valence-electron chi connectivity index (χ0n) is 11.1. The number of benzene rings is 1. The van der Waals surface area contributed by atoms with Gasteiger partial charge in [0.15, 0.2) is 12.2 Å². The van der Waals surface area contributed by atoms with E-state index in [0.29, 0.717) is 5.76 Å². The molecule has 2 unspecified atom stereocenters. The zero-order valence-corrected chi connectivity index (χ0v) is 11.1. The first-order valence-corrected chi connectivity index (χ1v) is 6.79. The van der Waals surface area contributed by atoms with E-state index in [1.54, 1.807) is 6.20 Å². The highest BCUT2D eigenvalue weighted by Crippen LogP contribution is 2.26. The van der Waals surface area contributed by atoms with Gasteiger partial charge in [0.1, 0.15) is 0 Å². The fourth-order valence-corrected chi connectivity index (χ4v) is 2.66. The SMILES string of the molecule is NC1CCCC1C(=O)Nc1cccc(-c2cnco2)c1. The van der Waals surface area contributed by atoms with Crippen molar-refractivity contribution >= 4 is 11.6 Å². The zero-order chi connectivity index (χ0) is 13.9. The second-order valence-electron chi connectivity index (χ2n) is 5.14. The van der Waals surface area contributed by atoms with E-state index in [0.717, 1.165) is 30.5 Å². The number of nitrogens with zero attached hydrogens (tertiary/aromatic N) is 1. The molecule has 5 nitrogen and oxygen atoms in total. The van der Waals surface area contributed by atoms with E-state index in [1.165, 1.54) is 6.39 Å². The maximum Gasteiger partial charge on any atom is 0.229 e. The molecule has 3 rings (SSSR count). The van der Waals surface area contributed by atoms with Crippen molar-refractivity contribution in [1.82, 2.24) is 4.98 Å². The molecule has 3 N–H and O–H groups in total. The highest BCUT2D eigenvalue weighted by atomic mass is 16.3. The predicted molar refractivity (Wildman–Crippen MR) is 75.9 cm³/mol. The van der Waals surface area contributed by atoms with Gasteiger partial charge in [-0.05, 0) is 25.0 Å². The molecule has 1 amide bonds. The van der Waals surface area contributed by atoms with Crippen molar-refractivity contribution in [1.29, 1.82) is 0 Å². The van der Waals surface area contributed by atoms with Crippen molar-refractivity contribution in [2.24, 2.45) is 11.7 Å². The van der Waals surface area contributed by atoms with Crippen LogP contribution in [0, 0.1) is 5.92 Å². The van der Waals surface area contributed by atoms with Gasteiger partial charge in [-0.3, -0.25) is 4.79 Å². The lowest BCUT2D eigenvalue weighted by molar-refractivity contribution is -0.120. The van der Waals surface area contributed by atoms with Crippen molar-refractivity contribution in [3.8, 4) is 11.3 Å². The van der Waals surface area contributed by atoms with E-state index in [4.69, 9.17) is 10.2 Å². The van der Waals surface area contributed by atoms with Crippen molar-refractivity contribution in [2.45, 2.75) is 25.3 Å². The Morgan fingerprint density at radius 2 is 2.30 bits per heavy atom.